The molecule has 2 unspecified atom stereocenters. The molecule has 9 nitrogen and oxygen atoms in total. The first kappa shape index (κ1) is 19.2. The number of halogens is 1. The predicted molar refractivity (Wildman–Crippen MR) is 123 cm³/mol. The van der Waals surface area contributed by atoms with Crippen molar-refractivity contribution in [3.63, 3.8) is 0 Å². The minimum atomic E-state index is -0.308. The molecule has 2 bridgehead atoms. The number of aromatic amines is 1. The quantitative estimate of drug-likeness (QED) is 0.388. The molecule has 0 radical (unpaired) electrons. The maximum Gasteiger partial charge on any atom is 0.231 e. The van der Waals surface area contributed by atoms with Crippen LogP contribution >= 0.6 is 0 Å². The molecule has 164 valence electrons. The number of hydrogen-bond acceptors (Lipinski definition) is 8. The fourth-order valence-corrected chi connectivity index (χ4v) is 5.14. The topological polar surface area (TPSA) is 121 Å². The first-order valence-electron chi connectivity index (χ1n) is 10.8. The van der Waals surface area contributed by atoms with Gasteiger partial charge in [0.2, 0.25) is 5.95 Å². The van der Waals surface area contributed by atoms with Gasteiger partial charge in [-0.05, 0) is 37.8 Å². The van der Waals surface area contributed by atoms with Gasteiger partial charge in [0.15, 0.2) is 0 Å². The molecule has 10 heteroatoms. The van der Waals surface area contributed by atoms with E-state index in [4.69, 9.17) is 15.7 Å². The van der Waals surface area contributed by atoms with Gasteiger partial charge in [-0.25, -0.2) is 14.4 Å². The molecular formula is C22H24FN9. The minimum Gasteiger partial charge on any atom is -0.386 e. The van der Waals surface area contributed by atoms with Gasteiger partial charge in [-0.3, -0.25) is 0 Å². The fourth-order valence-electron chi connectivity index (χ4n) is 5.14. The number of rotatable bonds is 4. The van der Waals surface area contributed by atoms with Crippen molar-refractivity contribution in [1.82, 2.24) is 24.9 Å². The zero-order valence-corrected chi connectivity index (χ0v) is 17.9. The lowest BCUT2D eigenvalue weighted by atomic mass is 10.0. The van der Waals surface area contributed by atoms with Crippen LogP contribution in [0.5, 0.6) is 0 Å². The Morgan fingerprint density at radius 2 is 2.00 bits per heavy atom. The van der Waals surface area contributed by atoms with Gasteiger partial charge in [-0.15, -0.1) is 0 Å². The lowest BCUT2D eigenvalue weighted by Crippen LogP contribution is -2.41. The maximum atomic E-state index is 14.4. The van der Waals surface area contributed by atoms with Crippen molar-refractivity contribution < 1.29 is 4.39 Å². The molecule has 2 fully saturated rings. The SMILES string of the molecule is CNc1cc(F)cc2c1[nH]c1nc(Nc3cnc(C)nc3)nc(N3CC4CC3C[C@H]4N)c12. The molecule has 0 spiro atoms. The molecular weight excluding hydrogens is 409 g/mol. The number of fused-ring (bicyclic) bond motifs is 5. The summed E-state index contributed by atoms with van der Waals surface area (Å²) in [5, 5.41) is 7.87. The molecule has 0 amide bonds. The highest BCUT2D eigenvalue weighted by molar-refractivity contribution is 6.15. The Labute approximate surface area is 183 Å². The van der Waals surface area contributed by atoms with Gasteiger partial charge in [-0.2, -0.15) is 9.97 Å². The molecule has 1 aromatic carbocycles. The molecule has 1 saturated carbocycles. The number of nitrogens with zero attached hydrogens (tertiary/aromatic N) is 5. The Kier molecular flexibility index (Phi) is 4.19. The normalized spacial score (nSPS) is 22.2. The largest absolute Gasteiger partial charge is 0.386 e. The molecule has 4 heterocycles. The van der Waals surface area contributed by atoms with E-state index in [-0.39, 0.29) is 11.9 Å². The Morgan fingerprint density at radius 1 is 1.19 bits per heavy atom. The molecule has 2 aliphatic rings. The van der Waals surface area contributed by atoms with Gasteiger partial charge in [0.25, 0.3) is 0 Å². The van der Waals surface area contributed by atoms with Crippen molar-refractivity contribution in [3.8, 4) is 0 Å². The molecule has 3 aromatic heterocycles. The maximum absolute atomic E-state index is 14.4. The highest BCUT2D eigenvalue weighted by atomic mass is 19.1. The van der Waals surface area contributed by atoms with Gasteiger partial charge < -0.3 is 26.3 Å². The number of H-pyrrole nitrogens is 1. The summed E-state index contributed by atoms with van der Waals surface area (Å²) in [7, 11) is 1.78. The Balaban J connectivity index is 1.55. The smallest absolute Gasteiger partial charge is 0.231 e. The van der Waals surface area contributed by atoms with Crippen LogP contribution < -0.4 is 21.3 Å². The zero-order chi connectivity index (χ0) is 22.0. The van der Waals surface area contributed by atoms with Crippen molar-refractivity contribution in [2.75, 3.05) is 29.1 Å². The Morgan fingerprint density at radius 3 is 2.69 bits per heavy atom. The average molecular weight is 433 g/mol. The fraction of sp³-hybridized carbons (Fsp3) is 0.364. The van der Waals surface area contributed by atoms with E-state index in [0.29, 0.717) is 40.8 Å². The van der Waals surface area contributed by atoms with Crippen LogP contribution in [-0.4, -0.2) is 50.6 Å². The van der Waals surface area contributed by atoms with Crippen molar-refractivity contribution in [3.05, 3.63) is 36.2 Å². The van der Waals surface area contributed by atoms with Gasteiger partial charge in [0, 0.05) is 31.1 Å². The van der Waals surface area contributed by atoms with Gasteiger partial charge in [0.1, 0.15) is 23.1 Å². The second kappa shape index (κ2) is 6.99. The number of benzene rings is 1. The summed E-state index contributed by atoms with van der Waals surface area (Å²) in [5.41, 5.74) is 9.12. The third-order valence-corrected chi connectivity index (χ3v) is 6.68. The van der Waals surface area contributed by atoms with E-state index in [1.165, 1.54) is 6.07 Å². The highest BCUT2D eigenvalue weighted by Crippen LogP contribution is 2.43. The summed E-state index contributed by atoms with van der Waals surface area (Å²) in [5.74, 6) is 2.06. The van der Waals surface area contributed by atoms with Crippen LogP contribution in [0.3, 0.4) is 0 Å². The third-order valence-electron chi connectivity index (χ3n) is 6.68. The number of nitrogens with two attached hydrogens (primary N) is 1. The minimum absolute atomic E-state index is 0.229. The number of anilines is 4. The summed E-state index contributed by atoms with van der Waals surface area (Å²) >= 11 is 0. The van der Waals surface area contributed by atoms with Gasteiger partial charge in [0.05, 0.1) is 34.7 Å². The number of aryl methyl sites for hydroxylation is 1. The molecule has 1 aliphatic carbocycles. The molecule has 1 saturated heterocycles. The predicted octanol–water partition coefficient (Wildman–Crippen LogP) is 3.06. The van der Waals surface area contributed by atoms with E-state index in [0.717, 1.165) is 41.5 Å². The lowest BCUT2D eigenvalue weighted by Gasteiger charge is -2.31. The first-order valence-corrected chi connectivity index (χ1v) is 10.8. The van der Waals surface area contributed by atoms with E-state index in [2.05, 4.69) is 30.5 Å². The number of nitrogens with one attached hydrogen (secondary N) is 3. The second-order valence-corrected chi connectivity index (χ2v) is 8.69. The summed E-state index contributed by atoms with van der Waals surface area (Å²) in [6, 6.07) is 3.57. The standard InChI is InChI=1S/C22H24FN9/c1-10-26-7-13(8-27-10)28-22-30-20-18(15-4-12(23)5-17(25-2)19(15)29-20)21(31-22)32-9-11-3-14(32)6-16(11)24/h4-5,7-8,11,14,16,25H,3,6,9,24H2,1-2H3,(H2,28,29,30,31)/t11?,14?,16-/m1/s1. The highest BCUT2D eigenvalue weighted by Gasteiger charge is 2.44. The molecule has 6 rings (SSSR count). The summed E-state index contributed by atoms with van der Waals surface area (Å²) in [4.78, 5) is 23.8. The molecule has 32 heavy (non-hydrogen) atoms. The Bertz CT molecular complexity index is 1330. The number of aromatic nitrogens is 5. The van der Waals surface area contributed by atoms with Crippen molar-refractivity contribution in [1.29, 1.82) is 0 Å². The van der Waals surface area contributed by atoms with Crippen LogP contribution in [-0.2, 0) is 0 Å². The van der Waals surface area contributed by atoms with E-state index in [9.17, 15) is 4.39 Å². The van der Waals surface area contributed by atoms with Crippen LogP contribution in [0.2, 0.25) is 0 Å². The zero-order valence-electron chi connectivity index (χ0n) is 17.9. The molecule has 3 atom stereocenters. The van der Waals surface area contributed by atoms with E-state index in [1.54, 1.807) is 25.5 Å². The first-order chi connectivity index (χ1) is 15.5. The summed E-state index contributed by atoms with van der Waals surface area (Å²) in [6.07, 6.45) is 5.39. The van der Waals surface area contributed by atoms with E-state index in [1.807, 2.05) is 6.92 Å². The van der Waals surface area contributed by atoms with Crippen LogP contribution in [0.15, 0.2) is 24.5 Å². The van der Waals surface area contributed by atoms with Crippen LogP contribution in [0.1, 0.15) is 18.7 Å². The van der Waals surface area contributed by atoms with Crippen LogP contribution in [0.25, 0.3) is 21.9 Å². The van der Waals surface area contributed by atoms with E-state index >= 15 is 0 Å². The van der Waals surface area contributed by atoms with Crippen molar-refractivity contribution in [2.45, 2.75) is 31.8 Å². The third kappa shape index (κ3) is 2.94. The average Bonchev–Trinajstić information content (AvgIpc) is 3.46. The number of piperidine rings is 1. The summed E-state index contributed by atoms with van der Waals surface area (Å²) < 4.78 is 14.4. The van der Waals surface area contributed by atoms with Crippen molar-refractivity contribution in [2.24, 2.45) is 11.7 Å². The molecule has 4 aromatic rings. The van der Waals surface area contributed by atoms with Gasteiger partial charge >= 0.3 is 0 Å². The molecule has 5 N–H and O–H groups in total. The van der Waals surface area contributed by atoms with Gasteiger partial charge in [-0.1, -0.05) is 0 Å². The monoisotopic (exact) mass is 433 g/mol. The Hall–Kier alpha value is -3.53. The summed E-state index contributed by atoms with van der Waals surface area (Å²) in [6.45, 7) is 2.67. The van der Waals surface area contributed by atoms with Crippen molar-refractivity contribution >= 4 is 45.1 Å². The number of hydrogen-bond donors (Lipinski definition) is 4. The van der Waals surface area contributed by atoms with Crippen LogP contribution in [0, 0.1) is 18.7 Å². The lowest BCUT2D eigenvalue weighted by molar-refractivity contribution is 0.471. The van der Waals surface area contributed by atoms with Crippen LogP contribution in [0.4, 0.5) is 27.5 Å². The molecule has 1 aliphatic heterocycles. The van der Waals surface area contributed by atoms with E-state index < -0.39 is 0 Å². The second-order valence-electron chi connectivity index (χ2n) is 8.69.